The Labute approximate surface area is 121 Å². The van der Waals surface area contributed by atoms with Gasteiger partial charge in [-0.3, -0.25) is 4.79 Å². The van der Waals surface area contributed by atoms with E-state index in [0.29, 0.717) is 0 Å². The number of nitrogens with zero attached hydrogens (tertiary/aromatic N) is 2. The average Bonchev–Trinajstić information content (AvgIpc) is 2.92. The number of hydrogen-bond acceptors (Lipinski definition) is 6. The molecule has 0 spiro atoms. The minimum absolute atomic E-state index is 0.111. The van der Waals surface area contributed by atoms with Gasteiger partial charge in [-0.1, -0.05) is 11.3 Å². The molecule has 7 heteroatoms. The highest BCUT2D eigenvalue weighted by atomic mass is 32.1. The monoisotopic (exact) mass is 294 g/mol. The number of aromatic amines is 1. The van der Waals surface area contributed by atoms with Crippen LogP contribution in [-0.2, 0) is 11.2 Å². The maximum atomic E-state index is 11.0. The summed E-state index contributed by atoms with van der Waals surface area (Å²) in [5.41, 5.74) is 0.784. The largest absolute Gasteiger partial charge is 0.383 e. The summed E-state index contributed by atoms with van der Waals surface area (Å²) in [7, 11) is 1.70. The molecule has 0 amide bonds. The van der Waals surface area contributed by atoms with Gasteiger partial charge in [0.15, 0.2) is 0 Å². The summed E-state index contributed by atoms with van der Waals surface area (Å²) in [5.74, 6) is 0. The molecule has 0 unspecified atom stereocenters. The second-order valence-corrected chi connectivity index (χ2v) is 5.35. The van der Waals surface area contributed by atoms with Gasteiger partial charge in [0.2, 0.25) is 5.56 Å². The Morgan fingerprint density at radius 1 is 1.35 bits per heavy atom. The molecule has 108 valence electrons. The molecule has 0 atom stereocenters. The number of rotatable bonds is 8. The maximum absolute atomic E-state index is 11.0. The molecule has 2 aromatic rings. The summed E-state index contributed by atoms with van der Waals surface area (Å²) in [6.45, 7) is 2.54. The lowest BCUT2D eigenvalue weighted by Gasteiger charge is -2.01. The molecule has 20 heavy (non-hydrogen) atoms. The third kappa shape index (κ3) is 4.52. The van der Waals surface area contributed by atoms with Crippen LogP contribution in [0.4, 0.5) is 0 Å². The van der Waals surface area contributed by atoms with Gasteiger partial charge < -0.3 is 15.0 Å². The van der Waals surface area contributed by atoms with E-state index in [0.717, 1.165) is 48.1 Å². The van der Waals surface area contributed by atoms with E-state index < -0.39 is 0 Å². The van der Waals surface area contributed by atoms with E-state index in [2.05, 4.69) is 20.5 Å². The molecular weight excluding hydrogens is 276 g/mol. The molecule has 0 aliphatic heterocycles. The predicted molar refractivity (Wildman–Crippen MR) is 79.0 cm³/mol. The van der Waals surface area contributed by atoms with Crippen molar-refractivity contribution in [1.29, 1.82) is 0 Å². The van der Waals surface area contributed by atoms with Crippen LogP contribution in [0, 0.1) is 0 Å². The van der Waals surface area contributed by atoms with Crippen LogP contribution in [0.15, 0.2) is 23.1 Å². The first-order valence-electron chi connectivity index (χ1n) is 6.51. The van der Waals surface area contributed by atoms with Crippen molar-refractivity contribution in [2.75, 3.05) is 26.8 Å². The van der Waals surface area contributed by atoms with Gasteiger partial charge in [-0.25, -0.2) is 0 Å². The van der Waals surface area contributed by atoms with E-state index in [-0.39, 0.29) is 5.56 Å². The van der Waals surface area contributed by atoms with E-state index in [4.69, 9.17) is 4.74 Å². The number of aromatic nitrogens is 3. The molecule has 2 N–H and O–H groups in total. The molecular formula is C13H18N4O2S. The van der Waals surface area contributed by atoms with Crippen molar-refractivity contribution in [2.24, 2.45) is 0 Å². The smallest absolute Gasteiger partial charge is 0.247 e. The van der Waals surface area contributed by atoms with Gasteiger partial charge >= 0.3 is 0 Å². The highest BCUT2D eigenvalue weighted by molar-refractivity contribution is 7.14. The maximum Gasteiger partial charge on any atom is 0.247 e. The van der Waals surface area contributed by atoms with Gasteiger partial charge in [0.25, 0.3) is 0 Å². The lowest BCUT2D eigenvalue weighted by molar-refractivity contribution is 0.199. The Kier molecular flexibility index (Phi) is 5.85. The van der Waals surface area contributed by atoms with Crippen LogP contribution in [0.2, 0.25) is 0 Å². The van der Waals surface area contributed by atoms with Gasteiger partial charge in [-0.15, -0.1) is 10.2 Å². The summed E-state index contributed by atoms with van der Waals surface area (Å²) in [6, 6.07) is 3.26. The van der Waals surface area contributed by atoms with Crippen LogP contribution in [-0.4, -0.2) is 42.0 Å². The molecule has 0 saturated carbocycles. The van der Waals surface area contributed by atoms with Crippen LogP contribution < -0.4 is 10.9 Å². The van der Waals surface area contributed by atoms with Crippen LogP contribution >= 0.6 is 11.3 Å². The highest BCUT2D eigenvalue weighted by Crippen LogP contribution is 2.22. The summed E-state index contributed by atoms with van der Waals surface area (Å²) in [6.07, 6.45) is 3.59. The topological polar surface area (TPSA) is 79.9 Å². The first kappa shape index (κ1) is 14.8. The number of H-pyrrole nitrogens is 1. The van der Waals surface area contributed by atoms with E-state index in [1.807, 2.05) is 0 Å². The second kappa shape index (κ2) is 7.88. The summed E-state index contributed by atoms with van der Waals surface area (Å²) in [4.78, 5) is 13.6. The molecule has 0 saturated heterocycles. The van der Waals surface area contributed by atoms with Crippen LogP contribution in [0.1, 0.15) is 11.4 Å². The SMILES string of the molecule is COCCNCCCc1nnc(-c2ccc(=O)[nH]c2)s1. The molecule has 0 fully saturated rings. The molecule has 0 radical (unpaired) electrons. The van der Waals surface area contributed by atoms with Gasteiger partial charge in [0.1, 0.15) is 10.0 Å². The lowest BCUT2D eigenvalue weighted by atomic mass is 10.3. The standard InChI is InChI=1S/C13H18N4O2S/c1-19-8-7-14-6-2-3-12-16-17-13(20-12)10-4-5-11(18)15-9-10/h4-5,9,14H,2-3,6-8H2,1H3,(H,15,18). The number of ether oxygens (including phenoxy) is 1. The van der Waals surface area contributed by atoms with Crippen molar-refractivity contribution in [1.82, 2.24) is 20.5 Å². The zero-order chi connectivity index (χ0) is 14.2. The minimum atomic E-state index is -0.111. The fourth-order valence-electron chi connectivity index (χ4n) is 1.68. The Bertz CT molecular complexity index is 561. The third-order valence-corrected chi connectivity index (χ3v) is 3.76. The molecule has 0 aliphatic carbocycles. The second-order valence-electron chi connectivity index (χ2n) is 4.29. The van der Waals surface area contributed by atoms with E-state index in [1.165, 1.54) is 6.07 Å². The minimum Gasteiger partial charge on any atom is -0.383 e. The van der Waals surface area contributed by atoms with Crippen molar-refractivity contribution in [3.63, 3.8) is 0 Å². The van der Waals surface area contributed by atoms with E-state index >= 15 is 0 Å². The molecule has 2 rings (SSSR count). The molecule has 6 nitrogen and oxygen atoms in total. The molecule has 2 aromatic heterocycles. The normalized spacial score (nSPS) is 10.8. The molecule has 2 heterocycles. The van der Waals surface area contributed by atoms with Crippen LogP contribution in [0.25, 0.3) is 10.6 Å². The molecule has 0 aliphatic rings. The Balaban J connectivity index is 1.80. The van der Waals surface area contributed by atoms with E-state index in [9.17, 15) is 4.79 Å². The zero-order valence-corrected chi connectivity index (χ0v) is 12.2. The summed E-state index contributed by atoms with van der Waals surface area (Å²) < 4.78 is 4.96. The molecule has 0 aromatic carbocycles. The lowest BCUT2D eigenvalue weighted by Crippen LogP contribution is -2.20. The van der Waals surface area contributed by atoms with Gasteiger partial charge in [-0.05, 0) is 19.0 Å². The number of pyridine rings is 1. The zero-order valence-electron chi connectivity index (χ0n) is 11.4. The number of nitrogens with one attached hydrogen (secondary N) is 2. The van der Waals surface area contributed by atoms with Crippen LogP contribution in [0.5, 0.6) is 0 Å². The van der Waals surface area contributed by atoms with Gasteiger partial charge in [0.05, 0.1) is 6.61 Å². The Morgan fingerprint density at radius 2 is 2.25 bits per heavy atom. The van der Waals surface area contributed by atoms with Crippen LogP contribution in [0.3, 0.4) is 0 Å². The van der Waals surface area contributed by atoms with Crippen molar-refractivity contribution < 1.29 is 4.74 Å². The number of methoxy groups -OCH3 is 1. The molecule has 0 bridgehead atoms. The predicted octanol–water partition coefficient (Wildman–Crippen LogP) is 1.06. The van der Waals surface area contributed by atoms with Crippen molar-refractivity contribution in [2.45, 2.75) is 12.8 Å². The first-order valence-corrected chi connectivity index (χ1v) is 7.32. The quantitative estimate of drug-likeness (QED) is 0.712. The average molecular weight is 294 g/mol. The first-order chi connectivity index (χ1) is 9.79. The van der Waals surface area contributed by atoms with Gasteiger partial charge in [0, 0.05) is 37.9 Å². The summed E-state index contributed by atoms with van der Waals surface area (Å²) in [5, 5.41) is 13.5. The number of hydrogen-bond donors (Lipinski definition) is 2. The Hall–Kier alpha value is -1.57. The van der Waals surface area contributed by atoms with Crippen molar-refractivity contribution in [3.8, 4) is 10.6 Å². The van der Waals surface area contributed by atoms with Gasteiger partial charge in [-0.2, -0.15) is 0 Å². The van der Waals surface area contributed by atoms with Crippen molar-refractivity contribution in [3.05, 3.63) is 33.7 Å². The summed E-state index contributed by atoms with van der Waals surface area (Å²) >= 11 is 1.56. The fraction of sp³-hybridized carbons (Fsp3) is 0.462. The number of aryl methyl sites for hydroxylation is 1. The fourth-order valence-corrected chi connectivity index (χ4v) is 2.56. The highest BCUT2D eigenvalue weighted by Gasteiger charge is 2.06. The Morgan fingerprint density at radius 3 is 3.00 bits per heavy atom. The van der Waals surface area contributed by atoms with E-state index in [1.54, 1.807) is 30.7 Å². The third-order valence-electron chi connectivity index (χ3n) is 2.73. The van der Waals surface area contributed by atoms with Crippen molar-refractivity contribution >= 4 is 11.3 Å².